The highest BCUT2D eigenvalue weighted by atomic mass is 32.1. The summed E-state index contributed by atoms with van der Waals surface area (Å²) in [7, 11) is 0. The minimum absolute atomic E-state index is 0.0245. The Labute approximate surface area is 175 Å². The van der Waals surface area contributed by atoms with Crippen molar-refractivity contribution in [1.82, 2.24) is 10.6 Å². The average molecular weight is 408 g/mol. The van der Waals surface area contributed by atoms with Crippen LogP contribution in [0.5, 0.6) is 0 Å². The molecule has 0 saturated heterocycles. The first kappa shape index (κ1) is 20.8. The first-order valence-corrected chi connectivity index (χ1v) is 10.3. The summed E-state index contributed by atoms with van der Waals surface area (Å²) in [5.74, 6) is -0.388. The number of imide groups is 1. The largest absolute Gasteiger partial charge is 0.325 e. The second-order valence-electron chi connectivity index (χ2n) is 7.06. The Hall–Kier alpha value is -2.96. The summed E-state index contributed by atoms with van der Waals surface area (Å²) in [4.78, 5) is 25.6. The number of urea groups is 1. The van der Waals surface area contributed by atoms with Gasteiger partial charge >= 0.3 is 6.03 Å². The number of nitrogens with one attached hydrogen (secondary N) is 3. The second-order valence-corrected chi connectivity index (χ2v) is 8.04. The van der Waals surface area contributed by atoms with Gasteiger partial charge in [-0.3, -0.25) is 15.4 Å². The summed E-state index contributed by atoms with van der Waals surface area (Å²) in [6.45, 7) is 5.97. The van der Waals surface area contributed by atoms with Crippen LogP contribution in [0.4, 0.5) is 10.5 Å². The molecule has 0 unspecified atom stereocenters. The number of thiophene rings is 1. The van der Waals surface area contributed by atoms with Crippen molar-refractivity contribution in [3.05, 3.63) is 87.1 Å². The third kappa shape index (κ3) is 5.76. The molecule has 1 atom stereocenters. The molecule has 3 rings (SSSR count). The molecule has 1 heterocycles. The smallest absolute Gasteiger partial charge is 0.307 e. The third-order valence-corrected chi connectivity index (χ3v) is 5.53. The van der Waals surface area contributed by atoms with E-state index in [1.54, 1.807) is 11.3 Å². The number of amides is 3. The zero-order valence-corrected chi connectivity index (χ0v) is 17.6. The van der Waals surface area contributed by atoms with Crippen LogP contribution >= 0.6 is 11.3 Å². The maximum atomic E-state index is 12.3. The summed E-state index contributed by atoms with van der Waals surface area (Å²) < 4.78 is 0. The van der Waals surface area contributed by atoms with Gasteiger partial charge in [0.2, 0.25) is 5.91 Å². The first-order valence-electron chi connectivity index (χ1n) is 9.44. The molecule has 3 amide bonds. The Morgan fingerprint density at radius 1 is 0.966 bits per heavy atom. The maximum absolute atomic E-state index is 12.3. The van der Waals surface area contributed by atoms with Crippen LogP contribution in [0, 0.1) is 20.8 Å². The van der Waals surface area contributed by atoms with Gasteiger partial charge in [0, 0.05) is 10.6 Å². The number of carbonyl (C=O) groups excluding carboxylic acids is 2. The lowest BCUT2D eigenvalue weighted by molar-refractivity contribution is -0.119. The molecule has 2 aromatic carbocycles. The number of anilines is 1. The number of aryl methyl sites for hydroxylation is 3. The molecule has 0 spiro atoms. The molecule has 6 heteroatoms. The summed E-state index contributed by atoms with van der Waals surface area (Å²) in [5, 5.41) is 10.4. The highest BCUT2D eigenvalue weighted by molar-refractivity contribution is 7.10. The normalized spacial score (nSPS) is 11.7. The fourth-order valence-corrected chi connectivity index (χ4v) is 3.90. The molecule has 0 radical (unpaired) electrons. The minimum Gasteiger partial charge on any atom is -0.307 e. The van der Waals surface area contributed by atoms with E-state index in [0.717, 1.165) is 21.6 Å². The molecule has 3 aromatic rings. The van der Waals surface area contributed by atoms with E-state index in [0.29, 0.717) is 5.69 Å². The monoisotopic (exact) mass is 407 g/mol. The predicted molar refractivity (Wildman–Crippen MR) is 118 cm³/mol. The Kier molecular flexibility index (Phi) is 6.80. The third-order valence-electron chi connectivity index (χ3n) is 4.59. The van der Waals surface area contributed by atoms with Gasteiger partial charge in [0.15, 0.2) is 0 Å². The van der Waals surface area contributed by atoms with Crippen molar-refractivity contribution in [3.63, 3.8) is 0 Å². The Bertz CT molecular complexity index is 982. The number of carbonyl (C=O) groups is 2. The first-order chi connectivity index (χ1) is 13.9. The van der Waals surface area contributed by atoms with E-state index in [2.05, 4.69) is 40.2 Å². The van der Waals surface area contributed by atoms with Gasteiger partial charge in [-0.15, -0.1) is 11.3 Å². The van der Waals surface area contributed by atoms with Crippen molar-refractivity contribution < 1.29 is 9.59 Å². The molecule has 5 nitrogen and oxygen atoms in total. The Balaban J connectivity index is 1.60. The lowest BCUT2D eigenvalue weighted by atomic mass is 10.0. The number of benzene rings is 2. The van der Waals surface area contributed by atoms with Gasteiger partial charge in [-0.25, -0.2) is 4.79 Å². The van der Waals surface area contributed by atoms with Crippen molar-refractivity contribution in [2.75, 3.05) is 11.9 Å². The van der Waals surface area contributed by atoms with Crippen LogP contribution in [0.25, 0.3) is 0 Å². The fourth-order valence-electron chi connectivity index (χ4n) is 3.07. The maximum Gasteiger partial charge on any atom is 0.325 e. The molecule has 0 saturated carbocycles. The molecular weight excluding hydrogens is 382 g/mol. The van der Waals surface area contributed by atoms with E-state index in [1.165, 1.54) is 5.56 Å². The van der Waals surface area contributed by atoms with Crippen LogP contribution < -0.4 is 16.0 Å². The van der Waals surface area contributed by atoms with E-state index < -0.39 is 6.03 Å². The molecular formula is C23H25N3O2S. The fraction of sp³-hybridized carbons (Fsp3) is 0.217. The molecule has 0 aliphatic rings. The molecule has 150 valence electrons. The predicted octanol–water partition coefficient (Wildman–Crippen LogP) is 4.70. The minimum atomic E-state index is -0.535. The highest BCUT2D eigenvalue weighted by Gasteiger charge is 2.17. The van der Waals surface area contributed by atoms with Gasteiger partial charge in [0.25, 0.3) is 0 Å². The van der Waals surface area contributed by atoms with Gasteiger partial charge in [0.1, 0.15) is 0 Å². The van der Waals surface area contributed by atoms with Crippen LogP contribution in [0.15, 0.2) is 60.0 Å². The number of rotatable bonds is 6. The summed E-state index contributed by atoms with van der Waals surface area (Å²) in [6.07, 6.45) is 0. The van der Waals surface area contributed by atoms with Crippen LogP contribution in [0.1, 0.15) is 33.2 Å². The lowest BCUT2D eigenvalue weighted by Crippen LogP contribution is -2.41. The quantitative estimate of drug-likeness (QED) is 0.555. The summed E-state index contributed by atoms with van der Waals surface area (Å²) in [5.41, 5.74) is 5.00. The molecule has 29 heavy (non-hydrogen) atoms. The Morgan fingerprint density at radius 2 is 1.69 bits per heavy atom. The van der Waals surface area contributed by atoms with E-state index in [9.17, 15) is 9.59 Å². The molecule has 1 aromatic heterocycles. The summed E-state index contributed by atoms with van der Waals surface area (Å²) >= 11 is 1.63. The molecule has 0 aliphatic carbocycles. The van der Waals surface area contributed by atoms with Crippen LogP contribution in [0.2, 0.25) is 0 Å². The van der Waals surface area contributed by atoms with E-state index in [-0.39, 0.29) is 18.5 Å². The number of hydrogen-bond acceptors (Lipinski definition) is 4. The van der Waals surface area contributed by atoms with Crippen molar-refractivity contribution in [2.24, 2.45) is 0 Å². The number of hydrogen-bond donors (Lipinski definition) is 3. The van der Waals surface area contributed by atoms with Gasteiger partial charge in [-0.2, -0.15) is 0 Å². The zero-order chi connectivity index (χ0) is 20.8. The van der Waals surface area contributed by atoms with Crippen molar-refractivity contribution >= 4 is 29.0 Å². The molecule has 0 aliphatic heterocycles. The van der Waals surface area contributed by atoms with Gasteiger partial charge in [0.05, 0.1) is 12.6 Å². The van der Waals surface area contributed by atoms with Crippen molar-refractivity contribution in [1.29, 1.82) is 0 Å². The van der Waals surface area contributed by atoms with Crippen LogP contribution in [-0.2, 0) is 4.79 Å². The Morgan fingerprint density at radius 3 is 2.34 bits per heavy atom. The molecule has 0 fully saturated rings. The second kappa shape index (κ2) is 9.49. The van der Waals surface area contributed by atoms with Crippen molar-refractivity contribution in [3.8, 4) is 0 Å². The van der Waals surface area contributed by atoms with Gasteiger partial charge in [-0.05, 0) is 49.4 Å². The van der Waals surface area contributed by atoms with E-state index in [4.69, 9.17) is 0 Å². The van der Waals surface area contributed by atoms with E-state index in [1.807, 2.05) is 56.5 Å². The van der Waals surface area contributed by atoms with Gasteiger partial charge in [-0.1, -0.05) is 53.6 Å². The zero-order valence-electron chi connectivity index (χ0n) is 16.8. The SMILES string of the molecule is Cc1ccc([C@@H](NCC(=O)NC(=O)Nc2ccc(C)cc2C)c2cccs2)cc1. The van der Waals surface area contributed by atoms with Gasteiger partial charge < -0.3 is 5.32 Å². The molecule has 3 N–H and O–H groups in total. The average Bonchev–Trinajstić information content (AvgIpc) is 3.20. The van der Waals surface area contributed by atoms with Crippen LogP contribution in [0.3, 0.4) is 0 Å². The highest BCUT2D eigenvalue weighted by Crippen LogP contribution is 2.26. The van der Waals surface area contributed by atoms with Crippen LogP contribution in [-0.4, -0.2) is 18.5 Å². The summed E-state index contributed by atoms with van der Waals surface area (Å²) in [6, 6.07) is 17.3. The van der Waals surface area contributed by atoms with E-state index >= 15 is 0 Å². The van der Waals surface area contributed by atoms with Crippen molar-refractivity contribution in [2.45, 2.75) is 26.8 Å². The standard InChI is InChI=1S/C23H25N3O2S/c1-15-6-9-18(10-7-15)22(20-5-4-12-29-20)24-14-21(27)26-23(28)25-19-11-8-16(2)13-17(19)3/h4-13,22,24H,14H2,1-3H3,(H2,25,26,27,28)/t22-/m1/s1. The lowest BCUT2D eigenvalue weighted by Gasteiger charge is -2.18. The topological polar surface area (TPSA) is 70.2 Å². The molecule has 0 bridgehead atoms.